The largest absolute Gasteiger partial charge is 0.501 e. The number of rotatable bonds is 1. The number of hydrogen-bond acceptors (Lipinski definition) is 3. The molecule has 13 heavy (non-hydrogen) atoms. The maximum Gasteiger partial charge on any atom is 0.0942 e. The number of nitrogens with zero attached hydrogens (tertiary/aromatic N) is 1. The van der Waals surface area contributed by atoms with Crippen LogP contribution in [-0.2, 0) is 9.47 Å². The van der Waals surface area contributed by atoms with E-state index in [-0.39, 0.29) is 0 Å². The van der Waals surface area contributed by atoms with Crippen LogP contribution in [0.5, 0.6) is 0 Å². The molecule has 3 heteroatoms. The summed E-state index contributed by atoms with van der Waals surface area (Å²) in [7, 11) is 3.91. The minimum absolute atomic E-state index is 0.346. The Bertz CT molecular complexity index is 215. The van der Waals surface area contributed by atoms with E-state index >= 15 is 0 Å². The molecule has 2 unspecified atom stereocenters. The molecule has 1 fully saturated rings. The summed E-state index contributed by atoms with van der Waals surface area (Å²) in [6.07, 6.45) is 4.53. The Kier molecular flexibility index (Phi) is 2.56. The average molecular weight is 183 g/mol. The third kappa shape index (κ3) is 1.71. The zero-order chi connectivity index (χ0) is 9.26. The summed E-state index contributed by atoms with van der Waals surface area (Å²) in [6.45, 7) is 1.91. The molecule has 2 atom stereocenters. The highest BCUT2D eigenvalue weighted by Crippen LogP contribution is 2.27. The predicted molar refractivity (Wildman–Crippen MR) is 50.5 cm³/mol. The van der Waals surface area contributed by atoms with Crippen molar-refractivity contribution >= 4 is 0 Å². The summed E-state index contributed by atoms with van der Waals surface area (Å²) in [5.41, 5.74) is 0. The van der Waals surface area contributed by atoms with Gasteiger partial charge in [0.05, 0.1) is 25.6 Å². The predicted octanol–water partition coefficient (Wildman–Crippen LogP) is 1.01. The van der Waals surface area contributed by atoms with Crippen molar-refractivity contribution in [3.63, 3.8) is 0 Å². The molecule has 0 aromatic carbocycles. The van der Waals surface area contributed by atoms with Gasteiger partial charge in [-0.05, 0) is 19.5 Å². The Morgan fingerprint density at radius 2 is 2.46 bits per heavy atom. The monoisotopic (exact) mass is 183 g/mol. The summed E-state index contributed by atoms with van der Waals surface area (Å²) < 4.78 is 11.0. The van der Waals surface area contributed by atoms with Crippen LogP contribution in [0.15, 0.2) is 11.8 Å². The second kappa shape index (κ2) is 3.68. The van der Waals surface area contributed by atoms with Crippen LogP contribution in [0.1, 0.15) is 12.8 Å². The normalized spacial score (nSPS) is 35.1. The lowest BCUT2D eigenvalue weighted by Crippen LogP contribution is -2.50. The molecule has 2 aliphatic rings. The Labute approximate surface area is 79.3 Å². The van der Waals surface area contributed by atoms with E-state index in [1.165, 1.54) is 0 Å². The van der Waals surface area contributed by atoms with Crippen LogP contribution in [0.25, 0.3) is 0 Å². The van der Waals surface area contributed by atoms with E-state index in [2.05, 4.69) is 18.0 Å². The molecule has 3 nitrogen and oxygen atoms in total. The SMILES string of the molecule is COC1=CCC2C(C1)OCCN2C. The molecule has 0 aromatic heterocycles. The summed E-state index contributed by atoms with van der Waals surface area (Å²) in [4.78, 5) is 2.39. The fourth-order valence-electron chi connectivity index (χ4n) is 2.14. The molecule has 1 heterocycles. The van der Waals surface area contributed by atoms with Crippen LogP contribution in [0.2, 0.25) is 0 Å². The topological polar surface area (TPSA) is 21.7 Å². The molecule has 0 N–H and O–H groups in total. The first kappa shape index (κ1) is 9.03. The highest BCUT2D eigenvalue weighted by atomic mass is 16.5. The first-order valence-electron chi connectivity index (χ1n) is 4.86. The lowest BCUT2D eigenvalue weighted by molar-refractivity contribution is -0.0689. The van der Waals surface area contributed by atoms with Crippen LogP contribution in [0.3, 0.4) is 0 Å². The molecule has 1 saturated heterocycles. The van der Waals surface area contributed by atoms with Crippen molar-refractivity contribution in [2.24, 2.45) is 0 Å². The van der Waals surface area contributed by atoms with Crippen molar-refractivity contribution in [2.45, 2.75) is 25.0 Å². The van der Waals surface area contributed by atoms with E-state index in [1.807, 2.05) is 0 Å². The van der Waals surface area contributed by atoms with Crippen molar-refractivity contribution in [1.29, 1.82) is 0 Å². The highest BCUT2D eigenvalue weighted by molar-refractivity contribution is 5.06. The first-order chi connectivity index (χ1) is 6.31. The Balaban J connectivity index is 2.06. The van der Waals surface area contributed by atoms with Crippen LogP contribution in [-0.4, -0.2) is 44.4 Å². The van der Waals surface area contributed by atoms with E-state index in [1.54, 1.807) is 7.11 Å². The standard InChI is InChI=1S/C10H17NO2/c1-11-5-6-13-10-7-8(12-2)3-4-9(10)11/h3,9-10H,4-7H2,1-2H3. The molecule has 1 aliphatic heterocycles. The molecule has 0 aromatic rings. The van der Waals surface area contributed by atoms with Gasteiger partial charge < -0.3 is 9.47 Å². The molecule has 2 rings (SSSR count). The molecule has 0 spiro atoms. The van der Waals surface area contributed by atoms with E-state index < -0.39 is 0 Å². The van der Waals surface area contributed by atoms with Crippen molar-refractivity contribution in [2.75, 3.05) is 27.3 Å². The first-order valence-corrected chi connectivity index (χ1v) is 4.86. The fraction of sp³-hybridized carbons (Fsp3) is 0.800. The zero-order valence-electron chi connectivity index (χ0n) is 8.32. The fourth-order valence-corrected chi connectivity index (χ4v) is 2.14. The van der Waals surface area contributed by atoms with Gasteiger partial charge in [-0.1, -0.05) is 0 Å². The van der Waals surface area contributed by atoms with Gasteiger partial charge in [0.25, 0.3) is 0 Å². The smallest absolute Gasteiger partial charge is 0.0942 e. The van der Waals surface area contributed by atoms with Crippen LogP contribution in [0.4, 0.5) is 0 Å². The van der Waals surface area contributed by atoms with Crippen LogP contribution in [0, 0.1) is 0 Å². The van der Waals surface area contributed by atoms with Gasteiger partial charge in [-0.2, -0.15) is 0 Å². The van der Waals surface area contributed by atoms with Crippen LogP contribution < -0.4 is 0 Å². The lowest BCUT2D eigenvalue weighted by atomic mass is 9.95. The molecule has 74 valence electrons. The highest BCUT2D eigenvalue weighted by Gasteiger charge is 2.32. The third-order valence-corrected chi connectivity index (χ3v) is 3.02. The summed E-state index contributed by atoms with van der Waals surface area (Å²) >= 11 is 0. The minimum Gasteiger partial charge on any atom is -0.501 e. The van der Waals surface area contributed by atoms with Gasteiger partial charge in [0.15, 0.2) is 0 Å². The zero-order valence-corrected chi connectivity index (χ0v) is 8.32. The van der Waals surface area contributed by atoms with Gasteiger partial charge in [-0.15, -0.1) is 0 Å². The number of fused-ring (bicyclic) bond motifs is 1. The number of methoxy groups -OCH3 is 1. The Hall–Kier alpha value is -0.540. The average Bonchev–Trinajstić information content (AvgIpc) is 2.18. The second-order valence-electron chi connectivity index (χ2n) is 3.77. The Morgan fingerprint density at radius 1 is 1.62 bits per heavy atom. The lowest BCUT2D eigenvalue weighted by Gasteiger charge is -2.41. The Morgan fingerprint density at radius 3 is 3.23 bits per heavy atom. The molecular weight excluding hydrogens is 166 g/mol. The van der Waals surface area contributed by atoms with E-state index in [9.17, 15) is 0 Å². The van der Waals surface area contributed by atoms with Gasteiger partial charge in [-0.25, -0.2) is 0 Å². The number of hydrogen-bond donors (Lipinski definition) is 0. The van der Waals surface area contributed by atoms with Crippen molar-refractivity contribution in [3.05, 3.63) is 11.8 Å². The molecule has 1 aliphatic carbocycles. The van der Waals surface area contributed by atoms with E-state index in [0.29, 0.717) is 12.1 Å². The number of morpholine rings is 1. The minimum atomic E-state index is 0.346. The summed E-state index contributed by atoms with van der Waals surface area (Å²) in [6, 6.07) is 0.563. The van der Waals surface area contributed by atoms with Gasteiger partial charge in [0.1, 0.15) is 0 Å². The molecule has 0 amide bonds. The quantitative estimate of drug-likeness (QED) is 0.605. The third-order valence-electron chi connectivity index (χ3n) is 3.02. The maximum atomic E-state index is 5.72. The van der Waals surface area contributed by atoms with Gasteiger partial charge >= 0.3 is 0 Å². The van der Waals surface area contributed by atoms with E-state index in [4.69, 9.17) is 9.47 Å². The summed E-state index contributed by atoms with van der Waals surface area (Å²) in [5.74, 6) is 1.08. The van der Waals surface area contributed by atoms with E-state index in [0.717, 1.165) is 31.8 Å². The van der Waals surface area contributed by atoms with Gasteiger partial charge in [0.2, 0.25) is 0 Å². The molecular formula is C10H17NO2. The van der Waals surface area contributed by atoms with Gasteiger partial charge in [-0.3, -0.25) is 4.90 Å². The van der Waals surface area contributed by atoms with Gasteiger partial charge in [0, 0.05) is 19.0 Å². The summed E-state index contributed by atoms with van der Waals surface area (Å²) in [5, 5.41) is 0. The number of ether oxygens (including phenoxy) is 2. The maximum absolute atomic E-state index is 5.72. The van der Waals surface area contributed by atoms with Crippen LogP contribution >= 0.6 is 0 Å². The number of likely N-dealkylation sites (N-methyl/N-ethyl adjacent to an activating group) is 1. The molecule has 0 bridgehead atoms. The van der Waals surface area contributed by atoms with Crippen molar-refractivity contribution in [3.8, 4) is 0 Å². The second-order valence-corrected chi connectivity index (χ2v) is 3.77. The molecule has 0 saturated carbocycles. The van der Waals surface area contributed by atoms with Crippen molar-refractivity contribution < 1.29 is 9.47 Å². The molecule has 0 radical (unpaired) electrons. The van der Waals surface area contributed by atoms with Crippen molar-refractivity contribution in [1.82, 2.24) is 4.90 Å².